The SMILES string of the molecule is CC/C=C\C/C=C\C/C=C\C/C=C\C/C=C\CCCC(=O)OCC(COC(=O)CCCCCC/C=C\CCCC)OC(=O)CCCCCC/C=C\C/C=C\C/C=C\CC. The van der Waals surface area contributed by atoms with Crippen LogP contribution in [0.15, 0.2) is 109 Å². The van der Waals surface area contributed by atoms with E-state index in [9.17, 15) is 14.4 Å². The van der Waals surface area contributed by atoms with Crippen LogP contribution in [-0.2, 0) is 28.6 Å². The van der Waals surface area contributed by atoms with Crippen LogP contribution in [0.5, 0.6) is 0 Å². The summed E-state index contributed by atoms with van der Waals surface area (Å²) in [5, 5.41) is 0. The van der Waals surface area contributed by atoms with Crippen LogP contribution in [0.1, 0.15) is 188 Å². The summed E-state index contributed by atoms with van der Waals surface area (Å²) >= 11 is 0. The molecule has 0 saturated heterocycles. The van der Waals surface area contributed by atoms with E-state index >= 15 is 0 Å². The van der Waals surface area contributed by atoms with Gasteiger partial charge >= 0.3 is 17.9 Å². The van der Waals surface area contributed by atoms with Crippen molar-refractivity contribution >= 4 is 17.9 Å². The van der Waals surface area contributed by atoms with Gasteiger partial charge in [0.1, 0.15) is 13.2 Å². The number of carbonyl (C=O) groups excluding carboxylic acids is 3. The third-order valence-corrected chi connectivity index (χ3v) is 9.24. The van der Waals surface area contributed by atoms with Gasteiger partial charge in [0, 0.05) is 19.3 Å². The van der Waals surface area contributed by atoms with Gasteiger partial charge in [0.05, 0.1) is 0 Å². The van der Waals surface area contributed by atoms with E-state index in [-0.39, 0.29) is 44.0 Å². The molecule has 6 heteroatoms. The summed E-state index contributed by atoms with van der Waals surface area (Å²) in [6.45, 7) is 6.25. The molecule has 0 N–H and O–H groups in total. The fourth-order valence-electron chi connectivity index (χ4n) is 5.76. The first-order chi connectivity index (χ1) is 29.0. The molecule has 0 fully saturated rings. The standard InChI is InChI=1S/C53H84O6/c1-4-7-10-13-16-19-22-24-26-27-28-30-31-34-37-40-43-46-52(55)58-49-50(48-57-51(54)45-42-39-36-33-21-18-15-12-9-6-3)59-53(56)47-44-41-38-35-32-29-25-23-20-17-14-11-8-5-2/h7-8,10-11,15-20,24-26,28-30,34,37,50H,4-6,9,12-14,21-23,27,31-33,35-36,38-49H2,1-3H3/b10-7-,11-8-,18-15-,19-16-,20-17-,26-24-,29-25-,30-28-,37-34-. The van der Waals surface area contributed by atoms with Crippen LogP contribution in [0.3, 0.4) is 0 Å². The molecule has 0 radical (unpaired) electrons. The highest BCUT2D eigenvalue weighted by molar-refractivity contribution is 5.71. The van der Waals surface area contributed by atoms with E-state index < -0.39 is 6.10 Å². The van der Waals surface area contributed by atoms with Crippen molar-refractivity contribution in [3.8, 4) is 0 Å². The summed E-state index contributed by atoms with van der Waals surface area (Å²) < 4.78 is 16.6. The van der Waals surface area contributed by atoms with Gasteiger partial charge in [-0.25, -0.2) is 0 Å². The van der Waals surface area contributed by atoms with Crippen LogP contribution in [0.25, 0.3) is 0 Å². The molecule has 0 aliphatic rings. The molecule has 0 spiro atoms. The van der Waals surface area contributed by atoms with Gasteiger partial charge in [-0.15, -0.1) is 0 Å². The highest BCUT2D eigenvalue weighted by Crippen LogP contribution is 2.11. The van der Waals surface area contributed by atoms with Gasteiger partial charge in [-0.3, -0.25) is 14.4 Å². The molecule has 0 aliphatic carbocycles. The van der Waals surface area contributed by atoms with Crippen molar-refractivity contribution in [2.24, 2.45) is 0 Å². The molecule has 332 valence electrons. The maximum atomic E-state index is 12.7. The number of unbranched alkanes of at least 4 members (excludes halogenated alkanes) is 11. The van der Waals surface area contributed by atoms with Gasteiger partial charge in [0.2, 0.25) is 0 Å². The van der Waals surface area contributed by atoms with Crippen LogP contribution in [0.2, 0.25) is 0 Å². The number of hydrogen-bond donors (Lipinski definition) is 0. The minimum Gasteiger partial charge on any atom is -0.462 e. The first kappa shape index (κ1) is 55.1. The molecule has 6 nitrogen and oxygen atoms in total. The molecule has 0 aromatic heterocycles. The lowest BCUT2D eigenvalue weighted by molar-refractivity contribution is -0.167. The molecule has 0 saturated carbocycles. The molecule has 0 amide bonds. The Balaban J connectivity index is 4.53. The Hall–Kier alpha value is -3.93. The molecule has 0 aromatic carbocycles. The number of carbonyl (C=O) groups is 3. The van der Waals surface area contributed by atoms with Crippen molar-refractivity contribution in [3.63, 3.8) is 0 Å². The summed E-state index contributed by atoms with van der Waals surface area (Å²) in [6, 6.07) is 0. The molecule has 59 heavy (non-hydrogen) atoms. The second-order valence-electron chi connectivity index (χ2n) is 14.9. The summed E-state index contributed by atoms with van der Waals surface area (Å²) in [5.41, 5.74) is 0. The zero-order valence-corrected chi connectivity index (χ0v) is 37.7. The first-order valence-electron chi connectivity index (χ1n) is 23.4. The summed E-state index contributed by atoms with van der Waals surface area (Å²) in [6.07, 6.45) is 62.2. The van der Waals surface area contributed by atoms with Gasteiger partial charge in [-0.1, -0.05) is 169 Å². The third kappa shape index (κ3) is 45.0. The van der Waals surface area contributed by atoms with Crippen LogP contribution in [-0.4, -0.2) is 37.2 Å². The van der Waals surface area contributed by atoms with Crippen LogP contribution >= 0.6 is 0 Å². The maximum Gasteiger partial charge on any atom is 0.306 e. The van der Waals surface area contributed by atoms with E-state index in [2.05, 4.69) is 130 Å². The Morgan fingerprint density at radius 2 is 0.678 bits per heavy atom. The molecule has 0 rings (SSSR count). The van der Waals surface area contributed by atoms with Gasteiger partial charge < -0.3 is 14.2 Å². The molecule has 1 atom stereocenters. The van der Waals surface area contributed by atoms with E-state index in [0.29, 0.717) is 12.8 Å². The molecule has 0 aromatic rings. The Morgan fingerprint density at radius 1 is 0.356 bits per heavy atom. The van der Waals surface area contributed by atoms with E-state index in [0.717, 1.165) is 128 Å². The number of esters is 3. The average Bonchev–Trinajstić information content (AvgIpc) is 3.23. The normalized spacial score (nSPS) is 13.1. The Kier molecular flexibility index (Phi) is 43.6. The molecule has 0 heterocycles. The predicted octanol–water partition coefficient (Wildman–Crippen LogP) is 15.2. The van der Waals surface area contributed by atoms with E-state index in [1.54, 1.807) is 0 Å². The quantitative estimate of drug-likeness (QED) is 0.0265. The fourth-order valence-corrected chi connectivity index (χ4v) is 5.76. The largest absolute Gasteiger partial charge is 0.462 e. The fraction of sp³-hybridized carbons (Fsp3) is 0.604. The molecule has 0 aliphatic heterocycles. The number of allylic oxidation sites excluding steroid dienone is 18. The zero-order chi connectivity index (χ0) is 43.0. The number of rotatable bonds is 40. The Bertz CT molecular complexity index is 1260. The monoisotopic (exact) mass is 817 g/mol. The van der Waals surface area contributed by atoms with Gasteiger partial charge in [0.25, 0.3) is 0 Å². The van der Waals surface area contributed by atoms with Crippen molar-refractivity contribution in [2.45, 2.75) is 194 Å². The van der Waals surface area contributed by atoms with Gasteiger partial charge in [0.15, 0.2) is 6.10 Å². The summed E-state index contributed by atoms with van der Waals surface area (Å²) in [7, 11) is 0. The Labute approximate surface area is 361 Å². The number of hydrogen-bond acceptors (Lipinski definition) is 6. The second-order valence-corrected chi connectivity index (χ2v) is 14.9. The minimum absolute atomic E-state index is 0.114. The average molecular weight is 817 g/mol. The molecular formula is C53H84O6. The van der Waals surface area contributed by atoms with Crippen molar-refractivity contribution in [1.29, 1.82) is 0 Å². The first-order valence-corrected chi connectivity index (χ1v) is 23.4. The predicted molar refractivity (Wildman–Crippen MR) is 251 cm³/mol. The van der Waals surface area contributed by atoms with Gasteiger partial charge in [-0.2, -0.15) is 0 Å². The summed E-state index contributed by atoms with van der Waals surface area (Å²) in [5.74, 6) is -1.02. The van der Waals surface area contributed by atoms with Crippen LogP contribution in [0, 0.1) is 0 Å². The highest BCUT2D eigenvalue weighted by atomic mass is 16.6. The molecular weight excluding hydrogens is 733 g/mol. The Morgan fingerprint density at radius 3 is 1.10 bits per heavy atom. The minimum atomic E-state index is -0.817. The number of ether oxygens (including phenoxy) is 3. The van der Waals surface area contributed by atoms with E-state index in [1.165, 1.54) is 12.8 Å². The van der Waals surface area contributed by atoms with E-state index in [1.807, 2.05) is 0 Å². The lowest BCUT2D eigenvalue weighted by Crippen LogP contribution is -2.30. The highest BCUT2D eigenvalue weighted by Gasteiger charge is 2.19. The van der Waals surface area contributed by atoms with Crippen molar-refractivity contribution in [2.75, 3.05) is 13.2 Å². The topological polar surface area (TPSA) is 78.9 Å². The molecule has 1 unspecified atom stereocenters. The van der Waals surface area contributed by atoms with Gasteiger partial charge in [-0.05, 0) is 109 Å². The zero-order valence-electron chi connectivity index (χ0n) is 37.7. The molecule has 0 bridgehead atoms. The smallest absolute Gasteiger partial charge is 0.306 e. The van der Waals surface area contributed by atoms with Crippen LogP contribution < -0.4 is 0 Å². The van der Waals surface area contributed by atoms with Crippen molar-refractivity contribution < 1.29 is 28.6 Å². The van der Waals surface area contributed by atoms with E-state index in [4.69, 9.17) is 14.2 Å². The van der Waals surface area contributed by atoms with Crippen LogP contribution in [0.4, 0.5) is 0 Å². The maximum absolute atomic E-state index is 12.7. The third-order valence-electron chi connectivity index (χ3n) is 9.24. The van der Waals surface area contributed by atoms with Crippen molar-refractivity contribution in [1.82, 2.24) is 0 Å². The lowest BCUT2D eigenvalue weighted by Gasteiger charge is -2.18. The summed E-state index contributed by atoms with van der Waals surface area (Å²) in [4.78, 5) is 37.8. The second kappa shape index (κ2) is 46.8. The van der Waals surface area contributed by atoms with Crippen molar-refractivity contribution in [3.05, 3.63) is 109 Å². The lowest BCUT2D eigenvalue weighted by atomic mass is 10.1.